The predicted molar refractivity (Wildman–Crippen MR) is 44.7 cm³/mol. The molecule has 66 valence electrons. The Kier molecular flexibility index (Phi) is 1.16. The lowest BCUT2D eigenvalue weighted by Gasteiger charge is -2.33. The number of nitrogens with zero attached hydrogens (tertiary/aromatic N) is 1. The van der Waals surface area contributed by atoms with Gasteiger partial charge in [0.25, 0.3) is 0 Å². The molecule has 1 amide bonds. The first kappa shape index (κ1) is 6.89. The van der Waals surface area contributed by atoms with E-state index in [0.717, 1.165) is 6.54 Å². The van der Waals surface area contributed by atoms with Gasteiger partial charge >= 0.3 is 0 Å². The second-order valence-corrected chi connectivity index (χ2v) is 4.35. The van der Waals surface area contributed by atoms with Gasteiger partial charge in [-0.3, -0.25) is 9.69 Å². The summed E-state index contributed by atoms with van der Waals surface area (Å²) < 4.78 is 0. The molecule has 0 bridgehead atoms. The Bertz CT molecular complexity index is 235. The Morgan fingerprint density at radius 1 is 1.42 bits per heavy atom. The molecule has 0 aromatic rings. The van der Waals surface area contributed by atoms with Crippen LogP contribution in [0.2, 0.25) is 0 Å². The molecule has 0 aromatic carbocycles. The van der Waals surface area contributed by atoms with Gasteiger partial charge in [0.15, 0.2) is 0 Å². The van der Waals surface area contributed by atoms with Gasteiger partial charge < -0.3 is 5.32 Å². The van der Waals surface area contributed by atoms with Crippen molar-refractivity contribution in [1.29, 1.82) is 0 Å². The van der Waals surface area contributed by atoms with E-state index in [2.05, 4.69) is 10.2 Å². The van der Waals surface area contributed by atoms with E-state index in [9.17, 15) is 4.79 Å². The zero-order valence-electron chi connectivity index (χ0n) is 7.18. The molecule has 1 spiro atoms. The summed E-state index contributed by atoms with van der Waals surface area (Å²) in [5.74, 6) is 0.222. The summed E-state index contributed by atoms with van der Waals surface area (Å²) in [5, 5.41) is 2.94. The molecule has 0 aromatic heterocycles. The van der Waals surface area contributed by atoms with Gasteiger partial charge in [-0.1, -0.05) is 0 Å². The first-order valence-electron chi connectivity index (χ1n) is 4.84. The molecule has 12 heavy (non-hydrogen) atoms. The van der Waals surface area contributed by atoms with Gasteiger partial charge in [0, 0.05) is 18.1 Å². The van der Waals surface area contributed by atoms with Crippen molar-refractivity contribution in [2.45, 2.75) is 37.3 Å². The zero-order valence-corrected chi connectivity index (χ0v) is 7.18. The molecule has 3 rings (SSSR count). The van der Waals surface area contributed by atoms with Crippen molar-refractivity contribution in [3.63, 3.8) is 0 Å². The summed E-state index contributed by atoms with van der Waals surface area (Å²) in [5.41, 5.74) is 0.489. The number of fused-ring (bicyclic) bond motifs is 2. The van der Waals surface area contributed by atoms with Crippen LogP contribution in [-0.2, 0) is 4.79 Å². The van der Waals surface area contributed by atoms with Gasteiger partial charge in [-0.05, 0) is 25.7 Å². The van der Waals surface area contributed by atoms with Crippen molar-refractivity contribution in [1.82, 2.24) is 10.2 Å². The van der Waals surface area contributed by atoms with Crippen molar-refractivity contribution in [2.24, 2.45) is 0 Å². The molecule has 1 N–H and O–H groups in total. The number of rotatable bonds is 0. The third-order valence-corrected chi connectivity index (χ3v) is 3.67. The number of amides is 1. The molecule has 1 saturated carbocycles. The fourth-order valence-corrected chi connectivity index (χ4v) is 2.75. The van der Waals surface area contributed by atoms with Gasteiger partial charge in [0.1, 0.15) is 0 Å². The summed E-state index contributed by atoms with van der Waals surface area (Å²) >= 11 is 0. The van der Waals surface area contributed by atoms with Crippen LogP contribution in [0.3, 0.4) is 0 Å². The third kappa shape index (κ3) is 0.774. The smallest absolute Gasteiger partial charge is 0.234 e. The molecule has 2 heterocycles. The van der Waals surface area contributed by atoms with E-state index in [1.165, 1.54) is 25.7 Å². The second kappa shape index (κ2) is 2.02. The minimum absolute atomic E-state index is 0.222. The second-order valence-electron chi connectivity index (χ2n) is 4.35. The van der Waals surface area contributed by atoms with Crippen LogP contribution in [0.25, 0.3) is 0 Å². The summed E-state index contributed by atoms with van der Waals surface area (Å²) in [4.78, 5) is 13.6. The van der Waals surface area contributed by atoms with Crippen LogP contribution in [0.1, 0.15) is 25.7 Å². The van der Waals surface area contributed by atoms with Gasteiger partial charge in [-0.2, -0.15) is 0 Å². The molecule has 3 aliphatic rings. The SMILES string of the molecule is O=C1CN2[C@@H](CCC23CC3)CN1. The highest BCUT2D eigenvalue weighted by Gasteiger charge is 2.55. The van der Waals surface area contributed by atoms with Crippen LogP contribution in [0.15, 0.2) is 0 Å². The summed E-state index contributed by atoms with van der Waals surface area (Å²) in [7, 11) is 0. The van der Waals surface area contributed by atoms with Crippen molar-refractivity contribution in [3.05, 3.63) is 0 Å². The number of carbonyl (C=O) groups excluding carboxylic acids is 1. The number of nitrogens with one attached hydrogen (secondary N) is 1. The van der Waals surface area contributed by atoms with E-state index in [1.807, 2.05) is 0 Å². The van der Waals surface area contributed by atoms with E-state index in [1.54, 1.807) is 0 Å². The van der Waals surface area contributed by atoms with Crippen LogP contribution in [-0.4, -0.2) is 35.5 Å². The minimum atomic E-state index is 0.222. The van der Waals surface area contributed by atoms with E-state index in [4.69, 9.17) is 0 Å². The fourth-order valence-electron chi connectivity index (χ4n) is 2.75. The molecule has 2 aliphatic heterocycles. The molecular weight excluding hydrogens is 152 g/mol. The highest BCUT2D eigenvalue weighted by Crippen LogP contribution is 2.51. The van der Waals surface area contributed by atoms with Crippen LogP contribution in [0.5, 0.6) is 0 Å². The lowest BCUT2D eigenvalue weighted by atomic mass is 10.2. The highest BCUT2D eigenvalue weighted by molar-refractivity contribution is 5.79. The van der Waals surface area contributed by atoms with E-state index < -0.39 is 0 Å². The molecule has 1 atom stereocenters. The van der Waals surface area contributed by atoms with Crippen LogP contribution < -0.4 is 5.32 Å². The Balaban J connectivity index is 1.85. The number of piperazine rings is 1. The van der Waals surface area contributed by atoms with E-state index in [0.29, 0.717) is 18.1 Å². The minimum Gasteiger partial charge on any atom is -0.353 e. The Labute approximate surface area is 72.1 Å². The number of hydrogen-bond donors (Lipinski definition) is 1. The average Bonchev–Trinajstić information content (AvgIpc) is 2.74. The van der Waals surface area contributed by atoms with Crippen LogP contribution in [0.4, 0.5) is 0 Å². The third-order valence-electron chi connectivity index (χ3n) is 3.67. The standard InChI is InChI=1S/C9H14N2O/c12-8-6-11-7(5-10-8)1-2-9(11)3-4-9/h7H,1-6H2,(H,10,12)/t7-/m0/s1. The van der Waals surface area contributed by atoms with Gasteiger partial charge in [-0.15, -0.1) is 0 Å². The molecule has 3 heteroatoms. The molecule has 0 unspecified atom stereocenters. The summed E-state index contributed by atoms with van der Waals surface area (Å²) in [6, 6.07) is 0.658. The Morgan fingerprint density at radius 2 is 2.25 bits per heavy atom. The lowest BCUT2D eigenvalue weighted by molar-refractivity contribution is -0.125. The normalized spacial score (nSPS) is 38.0. The maximum absolute atomic E-state index is 11.2. The lowest BCUT2D eigenvalue weighted by Crippen LogP contribution is -2.54. The average molecular weight is 166 g/mol. The topological polar surface area (TPSA) is 32.3 Å². The molecule has 3 nitrogen and oxygen atoms in total. The largest absolute Gasteiger partial charge is 0.353 e. The maximum atomic E-state index is 11.2. The predicted octanol–water partition coefficient (Wildman–Crippen LogP) is 0.113. The van der Waals surface area contributed by atoms with Crippen molar-refractivity contribution < 1.29 is 4.79 Å². The van der Waals surface area contributed by atoms with Crippen molar-refractivity contribution in [2.75, 3.05) is 13.1 Å². The summed E-state index contributed by atoms with van der Waals surface area (Å²) in [6.07, 6.45) is 5.28. The van der Waals surface area contributed by atoms with Crippen molar-refractivity contribution >= 4 is 5.91 Å². The van der Waals surface area contributed by atoms with Crippen LogP contribution >= 0.6 is 0 Å². The summed E-state index contributed by atoms with van der Waals surface area (Å²) in [6.45, 7) is 1.55. The van der Waals surface area contributed by atoms with Gasteiger partial charge in [0.05, 0.1) is 6.54 Å². The molecule has 1 aliphatic carbocycles. The van der Waals surface area contributed by atoms with Gasteiger partial charge in [-0.25, -0.2) is 0 Å². The fraction of sp³-hybridized carbons (Fsp3) is 0.889. The Morgan fingerprint density at radius 3 is 3.00 bits per heavy atom. The van der Waals surface area contributed by atoms with E-state index in [-0.39, 0.29) is 5.91 Å². The van der Waals surface area contributed by atoms with Gasteiger partial charge in [0.2, 0.25) is 5.91 Å². The van der Waals surface area contributed by atoms with Crippen LogP contribution in [0, 0.1) is 0 Å². The quantitative estimate of drug-likeness (QED) is 0.554. The molecule has 2 saturated heterocycles. The highest BCUT2D eigenvalue weighted by atomic mass is 16.2. The molecule has 3 fully saturated rings. The number of hydrogen-bond acceptors (Lipinski definition) is 2. The Hall–Kier alpha value is -0.570. The zero-order chi connectivity index (χ0) is 8.18. The molecular formula is C9H14N2O. The van der Waals surface area contributed by atoms with Crippen molar-refractivity contribution in [3.8, 4) is 0 Å². The number of carbonyl (C=O) groups is 1. The van der Waals surface area contributed by atoms with E-state index >= 15 is 0 Å². The molecule has 0 radical (unpaired) electrons. The first-order chi connectivity index (χ1) is 5.80. The maximum Gasteiger partial charge on any atom is 0.234 e. The first-order valence-corrected chi connectivity index (χ1v) is 4.84. The monoisotopic (exact) mass is 166 g/mol.